The Bertz CT molecular complexity index is 409. The molecule has 0 atom stereocenters. The summed E-state index contributed by atoms with van der Waals surface area (Å²) in [5.41, 5.74) is 7.28. The van der Waals surface area contributed by atoms with E-state index in [9.17, 15) is 0 Å². The Hall–Kier alpha value is -1.51. The lowest BCUT2D eigenvalue weighted by Crippen LogP contribution is -2.20. The van der Waals surface area contributed by atoms with Crippen molar-refractivity contribution in [2.24, 2.45) is 5.73 Å². The number of benzene rings is 1. The van der Waals surface area contributed by atoms with Gasteiger partial charge >= 0.3 is 0 Å². The number of ether oxygens (including phenoxy) is 1. The standard InChI is InChI=1S/C14H20N2O/c1-10-9-11(14(15)16)7-8-13(10)17-12-5-3-2-4-6-12/h7-9,12H,2-6H2,1H3,(H3,15,16). The van der Waals surface area contributed by atoms with E-state index in [1.807, 2.05) is 25.1 Å². The Morgan fingerprint density at radius 2 is 2.00 bits per heavy atom. The van der Waals surface area contributed by atoms with Crippen LogP contribution in [-0.2, 0) is 0 Å². The molecule has 0 amide bonds. The van der Waals surface area contributed by atoms with Crippen molar-refractivity contribution in [1.82, 2.24) is 0 Å². The summed E-state index contributed by atoms with van der Waals surface area (Å²) in [6.07, 6.45) is 6.57. The molecular weight excluding hydrogens is 212 g/mol. The average molecular weight is 232 g/mol. The molecule has 2 rings (SSSR count). The van der Waals surface area contributed by atoms with Gasteiger partial charge in [-0.2, -0.15) is 0 Å². The molecule has 3 N–H and O–H groups in total. The molecule has 0 bridgehead atoms. The van der Waals surface area contributed by atoms with Crippen molar-refractivity contribution in [1.29, 1.82) is 5.41 Å². The molecule has 1 saturated carbocycles. The highest BCUT2D eigenvalue weighted by Crippen LogP contribution is 2.26. The van der Waals surface area contributed by atoms with Gasteiger partial charge in [0.2, 0.25) is 0 Å². The summed E-state index contributed by atoms with van der Waals surface area (Å²) >= 11 is 0. The summed E-state index contributed by atoms with van der Waals surface area (Å²) < 4.78 is 6.01. The Kier molecular flexibility index (Phi) is 3.67. The maximum absolute atomic E-state index is 7.39. The monoisotopic (exact) mass is 232 g/mol. The summed E-state index contributed by atoms with van der Waals surface area (Å²) in [6.45, 7) is 2.00. The quantitative estimate of drug-likeness (QED) is 0.621. The van der Waals surface area contributed by atoms with Crippen LogP contribution in [0.2, 0.25) is 0 Å². The number of nitrogen functional groups attached to an aromatic ring is 1. The zero-order chi connectivity index (χ0) is 12.3. The third-order valence-electron chi connectivity index (χ3n) is 3.33. The molecular formula is C14H20N2O. The van der Waals surface area contributed by atoms with Gasteiger partial charge in [0.05, 0.1) is 6.10 Å². The molecule has 0 spiro atoms. The van der Waals surface area contributed by atoms with Crippen LogP contribution in [0.25, 0.3) is 0 Å². The second-order valence-electron chi connectivity index (χ2n) is 4.77. The van der Waals surface area contributed by atoms with E-state index in [-0.39, 0.29) is 5.84 Å². The first-order valence-electron chi connectivity index (χ1n) is 6.28. The van der Waals surface area contributed by atoms with Gasteiger partial charge in [-0.25, -0.2) is 0 Å². The molecule has 1 aliphatic rings. The van der Waals surface area contributed by atoms with Crippen molar-refractivity contribution in [2.75, 3.05) is 0 Å². The number of nitrogens with two attached hydrogens (primary N) is 1. The van der Waals surface area contributed by atoms with E-state index in [0.29, 0.717) is 6.10 Å². The fraction of sp³-hybridized carbons (Fsp3) is 0.500. The summed E-state index contributed by atoms with van der Waals surface area (Å²) in [6, 6.07) is 5.70. The first-order valence-corrected chi connectivity index (χ1v) is 6.28. The van der Waals surface area contributed by atoms with E-state index in [1.165, 1.54) is 19.3 Å². The molecule has 0 aromatic heterocycles. The van der Waals surface area contributed by atoms with E-state index in [0.717, 1.165) is 29.7 Å². The largest absolute Gasteiger partial charge is 0.490 e. The fourth-order valence-electron chi connectivity index (χ4n) is 2.31. The summed E-state index contributed by atoms with van der Waals surface area (Å²) in [4.78, 5) is 0. The van der Waals surface area contributed by atoms with Gasteiger partial charge in [-0.3, -0.25) is 5.41 Å². The Morgan fingerprint density at radius 1 is 1.29 bits per heavy atom. The van der Waals surface area contributed by atoms with E-state index in [4.69, 9.17) is 15.9 Å². The molecule has 3 nitrogen and oxygen atoms in total. The molecule has 1 fully saturated rings. The number of nitrogens with one attached hydrogen (secondary N) is 1. The first kappa shape index (κ1) is 12.0. The van der Waals surface area contributed by atoms with Crippen molar-refractivity contribution in [3.8, 4) is 5.75 Å². The van der Waals surface area contributed by atoms with Crippen molar-refractivity contribution in [3.05, 3.63) is 29.3 Å². The fourth-order valence-corrected chi connectivity index (χ4v) is 2.31. The summed E-state index contributed by atoms with van der Waals surface area (Å²) in [7, 11) is 0. The van der Waals surface area contributed by atoms with Crippen LogP contribution in [-0.4, -0.2) is 11.9 Å². The van der Waals surface area contributed by atoms with Gasteiger partial charge in [-0.1, -0.05) is 6.42 Å². The van der Waals surface area contributed by atoms with E-state index in [2.05, 4.69) is 0 Å². The highest BCUT2D eigenvalue weighted by atomic mass is 16.5. The van der Waals surface area contributed by atoms with Crippen LogP contribution in [0.1, 0.15) is 43.2 Å². The van der Waals surface area contributed by atoms with Crippen molar-refractivity contribution in [3.63, 3.8) is 0 Å². The molecule has 92 valence electrons. The van der Waals surface area contributed by atoms with Gasteiger partial charge in [-0.15, -0.1) is 0 Å². The third kappa shape index (κ3) is 2.99. The van der Waals surface area contributed by atoms with Crippen molar-refractivity contribution >= 4 is 5.84 Å². The number of hydrogen-bond donors (Lipinski definition) is 2. The zero-order valence-electron chi connectivity index (χ0n) is 10.3. The van der Waals surface area contributed by atoms with Gasteiger partial charge in [-0.05, 0) is 56.4 Å². The highest BCUT2D eigenvalue weighted by Gasteiger charge is 2.15. The highest BCUT2D eigenvalue weighted by molar-refractivity contribution is 5.95. The molecule has 0 saturated heterocycles. The average Bonchev–Trinajstić information content (AvgIpc) is 2.33. The second kappa shape index (κ2) is 5.21. The van der Waals surface area contributed by atoms with E-state index < -0.39 is 0 Å². The molecule has 17 heavy (non-hydrogen) atoms. The van der Waals surface area contributed by atoms with Crippen molar-refractivity contribution in [2.45, 2.75) is 45.1 Å². The lowest BCUT2D eigenvalue weighted by molar-refractivity contribution is 0.154. The van der Waals surface area contributed by atoms with Crippen LogP contribution in [0.4, 0.5) is 0 Å². The van der Waals surface area contributed by atoms with E-state index >= 15 is 0 Å². The van der Waals surface area contributed by atoms with Crippen molar-refractivity contribution < 1.29 is 4.74 Å². The molecule has 1 aromatic rings. The van der Waals surface area contributed by atoms with Crippen LogP contribution in [0, 0.1) is 12.3 Å². The van der Waals surface area contributed by atoms with Crippen LogP contribution in [0.15, 0.2) is 18.2 Å². The molecule has 0 aliphatic heterocycles. The van der Waals surface area contributed by atoms with Crippen LogP contribution in [0.5, 0.6) is 5.75 Å². The van der Waals surface area contributed by atoms with E-state index in [1.54, 1.807) is 0 Å². The van der Waals surface area contributed by atoms with Gasteiger partial charge in [0, 0.05) is 5.56 Å². The Balaban J connectivity index is 2.08. The minimum atomic E-state index is 0.109. The minimum Gasteiger partial charge on any atom is -0.490 e. The first-order chi connectivity index (χ1) is 8.16. The molecule has 1 aromatic carbocycles. The molecule has 1 aliphatic carbocycles. The second-order valence-corrected chi connectivity index (χ2v) is 4.77. The maximum Gasteiger partial charge on any atom is 0.122 e. The predicted octanol–water partition coefficient (Wildman–Crippen LogP) is 2.99. The summed E-state index contributed by atoms with van der Waals surface area (Å²) in [5, 5.41) is 7.39. The molecule has 0 unspecified atom stereocenters. The molecule has 0 radical (unpaired) electrons. The maximum atomic E-state index is 7.39. The normalized spacial score (nSPS) is 16.8. The number of rotatable bonds is 3. The number of amidine groups is 1. The smallest absolute Gasteiger partial charge is 0.122 e. The number of aryl methyl sites for hydroxylation is 1. The topological polar surface area (TPSA) is 59.1 Å². The molecule has 3 heteroatoms. The van der Waals surface area contributed by atoms with Gasteiger partial charge in [0.1, 0.15) is 11.6 Å². The molecule has 0 heterocycles. The minimum absolute atomic E-state index is 0.109. The van der Waals surface area contributed by atoms with Crippen LogP contribution in [0.3, 0.4) is 0 Å². The van der Waals surface area contributed by atoms with Crippen LogP contribution < -0.4 is 10.5 Å². The van der Waals surface area contributed by atoms with Gasteiger partial charge < -0.3 is 10.5 Å². The predicted molar refractivity (Wildman–Crippen MR) is 69.7 cm³/mol. The SMILES string of the molecule is Cc1cc(C(=N)N)ccc1OC1CCCCC1. The lowest BCUT2D eigenvalue weighted by atomic mass is 9.97. The summed E-state index contributed by atoms with van der Waals surface area (Å²) in [5.74, 6) is 1.04. The zero-order valence-corrected chi connectivity index (χ0v) is 10.3. The lowest BCUT2D eigenvalue weighted by Gasteiger charge is -2.24. The third-order valence-corrected chi connectivity index (χ3v) is 3.33. The van der Waals surface area contributed by atoms with Crippen LogP contribution >= 0.6 is 0 Å². The number of hydrogen-bond acceptors (Lipinski definition) is 2. The Morgan fingerprint density at radius 3 is 2.59 bits per heavy atom. The Labute approximate surface area is 102 Å². The van der Waals surface area contributed by atoms with Gasteiger partial charge in [0.15, 0.2) is 0 Å². The van der Waals surface area contributed by atoms with Gasteiger partial charge in [0.25, 0.3) is 0 Å².